The van der Waals surface area contributed by atoms with E-state index >= 15 is 0 Å². The third-order valence-electron chi connectivity index (χ3n) is 3.20. The van der Waals surface area contributed by atoms with Crippen molar-refractivity contribution in [2.45, 2.75) is 45.1 Å². The maximum atomic E-state index is 11.4. The highest BCUT2D eigenvalue weighted by molar-refractivity contribution is 5.78. The lowest BCUT2D eigenvalue weighted by Gasteiger charge is -2.28. The standard InChI is InChI=1S/C12H21NO4/c1-9(10-5-3-2-4-6-10)13-11(14)7-17-8-12(15)16/h9-10H,2-8H2,1H3,(H,13,14)(H,15,16)/t9-/m1/s1. The van der Waals surface area contributed by atoms with Gasteiger partial charge in [0.15, 0.2) is 0 Å². The summed E-state index contributed by atoms with van der Waals surface area (Å²) in [7, 11) is 0. The van der Waals surface area contributed by atoms with E-state index in [0.717, 1.165) is 12.8 Å². The van der Waals surface area contributed by atoms with Crippen molar-refractivity contribution >= 4 is 11.9 Å². The fourth-order valence-electron chi connectivity index (χ4n) is 2.28. The van der Waals surface area contributed by atoms with E-state index in [0.29, 0.717) is 5.92 Å². The molecule has 17 heavy (non-hydrogen) atoms. The SMILES string of the molecule is C[C@@H](NC(=O)COCC(=O)O)C1CCCCC1. The average molecular weight is 243 g/mol. The zero-order valence-electron chi connectivity index (χ0n) is 10.3. The zero-order valence-corrected chi connectivity index (χ0v) is 10.3. The molecule has 2 N–H and O–H groups in total. The number of hydrogen-bond acceptors (Lipinski definition) is 3. The molecular formula is C12H21NO4. The molecule has 98 valence electrons. The Labute approximate surface area is 102 Å². The largest absolute Gasteiger partial charge is 0.480 e. The molecule has 1 aliphatic carbocycles. The molecule has 0 spiro atoms. The predicted octanol–water partition coefficient (Wildman–Crippen LogP) is 1.17. The van der Waals surface area contributed by atoms with Crippen molar-refractivity contribution in [1.82, 2.24) is 5.32 Å². The first-order chi connectivity index (χ1) is 8.09. The number of ether oxygens (including phenoxy) is 1. The van der Waals surface area contributed by atoms with Crippen molar-refractivity contribution < 1.29 is 19.4 Å². The van der Waals surface area contributed by atoms with E-state index < -0.39 is 12.6 Å². The number of carbonyl (C=O) groups excluding carboxylic acids is 1. The van der Waals surface area contributed by atoms with E-state index in [1.54, 1.807) is 0 Å². The topological polar surface area (TPSA) is 75.6 Å². The van der Waals surface area contributed by atoms with Gasteiger partial charge in [0, 0.05) is 6.04 Å². The third-order valence-corrected chi connectivity index (χ3v) is 3.20. The molecule has 0 aromatic carbocycles. The van der Waals surface area contributed by atoms with Crippen LogP contribution in [-0.2, 0) is 14.3 Å². The number of nitrogens with one attached hydrogen (secondary N) is 1. The second-order valence-corrected chi connectivity index (χ2v) is 4.64. The van der Waals surface area contributed by atoms with Crippen molar-refractivity contribution in [1.29, 1.82) is 0 Å². The van der Waals surface area contributed by atoms with Gasteiger partial charge in [-0.05, 0) is 25.7 Å². The second kappa shape index (κ2) is 7.27. The molecule has 1 amide bonds. The lowest BCUT2D eigenvalue weighted by Crippen LogP contribution is -2.40. The maximum Gasteiger partial charge on any atom is 0.329 e. The van der Waals surface area contributed by atoms with Crippen molar-refractivity contribution in [3.8, 4) is 0 Å². The Morgan fingerprint density at radius 3 is 2.53 bits per heavy atom. The van der Waals surface area contributed by atoms with Crippen LogP contribution in [0.3, 0.4) is 0 Å². The predicted molar refractivity (Wildman–Crippen MR) is 62.6 cm³/mol. The van der Waals surface area contributed by atoms with Crippen LogP contribution in [0.1, 0.15) is 39.0 Å². The van der Waals surface area contributed by atoms with Gasteiger partial charge in [-0.1, -0.05) is 19.3 Å². The number of hydrogen-bond donors (Lipinski definition) is 2. The molecule has 1 rings (SSSR count). The first-order valence-corrected chi connectivity index (χ1v) is 6.18. The summed E-state index contributed by atoms with van der Waals surface area (Å²) in [5.74, 6) is -0.741. The number of carboxylic acids is 1. The van der Waals surface area contributed by atoms with Crippen LogP contribution in [0.25, 0.3) is 0 Å². The number of carbonyl (C=O) groups is 2. The molecule has 1 saturated carbocycles. The van der Waals surface area contributed by atoms with Crippen LogP contribution < -0.4 is 5.32 Å². The van der Waals surface area contributed by atoms with Gasteiger partial charge in [-0.3, -0.25) is 4.79 Å². The Balaban J connectivity index is 2.18. The zero-order chi connectivity index (χ0) is 12.7. The van der Waals surface area contributed by atoms with Gasteiger partial charge in [-0.25, -0.2) is 4.79 Å². The molecule has 0 aromatic rings. The van der Waals surface area contributed by atoms with Gasteiger partial charge < -0.3 is 15.2 Å². The summed E-state index contributed by atoms with van der Waals surface area (Å²) in [4.78, 5) is 21.6. The average Bonchev–Trinajstić information content (AvgIpc) is 2.29. The lowest BCUT2D eigenvalue weighted by molar-refractivity contribution is -0.143. The molecule has 1 atom stereocenters. The summed E-state index contributed by atoms with van der Waals surface area (Å²) >= 11 is 0. The highest BCUT2D eigenvalue weighted by atomic mass is 16.5. The smallest absolute Gasteiger partial charge is 0.329 e. The monoisotopic (exact) mass is 243 g/mol. The number of amides is 1. The first-order valence-electron chi connectivity index (χ1n) is 6.18. The Hall–Kier alpha value is -1.10. The summed E-state index contributed by atoms with van der Waals surface area (Å²) < 4.78 is 4.73. The first kappa shape index (κ1) is 14.0. The number of aliphatic carboxylic acids is 1. The molecule has 0 saturated heterocycles. The van der Waals surface area contributed by atoms with Crippen molar-refractivity contribution in [2.75, 3.05) is 13.2 Å². The molecule has 5 nitrogen and oxygen atoms in total. The summed E-state index contributed by atoms with van der Waals surface area (Å²) in [5.41, 5.74) is 0. The minimum atomic E-state index is -1.06. The fraction of sp³-hybridized carbons (Fsp3) is 0.833. The quantitative estimate of drug-likeness (QED) is 0.734. The van der Waals surface area contributed by atoms with E-state index in [4.69, 9.17) is 9.84 Å². The Kier molecular flexibility index (Phi) is 5.97. The minimum absolute atomic E-state index is 0.149. The molecular weight excluding hydrogens is 222 g/mol. The normalized spacial score (nSPS) is 18.6. The van der Waals surface area contributed by atoms with Crippen LogP contribution in [0.15, 0.2) is 0 Å². The molecule has 0 heterocycles. The van der Waals surface area contributed by atoms with Crippen LogP contribution in [0.2, 0.25) is 0 Å². The molecule has 0 aromatic heterocycles. The van der Waals surface area contributed by atoms with Crippen LogP contribution in [0.4, 0.5) is 0 Å². The van der Waals surface area contributed by atoms with Crippen molar-refractivity contribution in [2.24, 2.45) is 5.92 Å². The minimum Gasteiger partial charge on any atom is -0.480 e. The van der Waals surface area contributed by atoms with E-state index in [9.17, 15) is 9.59 Å². The molecule has 0 aliphatic heterocycles. The summed E-state index contributed by atoms with van der Waals surface area (Å²) in [6, 6.07) is 0.149. The molecule has 5 heteroatoms. The van der Waals surface area contributed by atoms with Crippen LogP contribution in [0.5, 0.6) is 0 Å². The summed E-state index contributed by atoms with van der Waals surface area (Å²) in [5, 5.41) is 11.2. The molecule has 0 bridgehead atoms. The van der Waals surface area contributed by atoms with Crippen LogP contribution in [-0.4, -0.2) is 36.2 Å². The molecule has 0 unspecified atom stereocenters. The van der Waals surface area contributed by atoms with E-state index in [2.05, 4.69) is 5.32 Å². The van der Waals surface area contributed by atoms with Gasteiger partial charge in [0.1, 0.15) is 13.2 Å². The summed E-state index contributed by atoms with van der Waals surface area (Å²) in [6.45, 7) is 1.40. The van der Waals surface area contributed by atoms with Crippen LogP contribution >= 0.6 is 0 Å². The molecule has 1 fully saturated rings. The maximum absolute atomic E-state index is 11.4. The Bertz CT molecular complexity index is 261. The fourth-order valence-corrected chi connectivity index (χ4v) is 2.28. The highest BCUT2D eigenvalue weighted by Crippen LogP contribution is 2.26. The van der Waals surface area contributed by atoms with E-state index in [1.165, 1.54) is 19.3 Å². The second-order valence-electron chi connectivity index (χ2n) is 4.64. The summed E-state index contributed by atoms with van der Waals surface area (Å²) in [6.07, 6.45) is 6.09. The van der Waals surface area contributed by atoms with Gasteiger partial charge in [0.25, 0.3) is 0 Å². The van der Waals surface area contributed by atoms with Crippen molar-refractivity contribution in [3.05, 3.63) is 0 Å². The lowest BCUT2D eigenvalue weighted by atomic mass is 9.84. The van der Waals surface area contributed by atoms with E-state index in [-0.39, 0.29) is 18.6 Å². The van der Waals surface area contributed by atoms with Gasteiger partial charge in [0.2, 0.25) is 5.91 Å². The Morgan fingerprint density at radius 1 is 1.29 bits per heavy atom. The van der Waals surface area contributed by atoms with Crippen LogP contribution in [0, 0.1) is 5.92 Å². The van der Waals surface area contributed by atoms with E-state index in [1.807, 2.05) is 6.92 Å². The number of carboxylic acid groups (broad SMARTS) is 1. The van der Waals surface area contributed by atoms with Crippen molar-refractivity contribution in [3.63, 3.8) is 0 Å². The van der Waals surface area contributed by atoms with Gasteiger partial charge in [0.05, 0.1) is 0 Å². The molecule has 1 aliphatic rings. The molecule has 0 radical (unpaired) electrons. The Morgan fingerprint density at radius 2 is 1.94 bits per heavy atom. The van der Waals surface area contributed by atoms with Gasteiger partial charge in [-0.15, -0.1) is 0 Å². The van der Waals surface area contributed by atoms with Gasteiger partial charge in [-0.2, -0.15) is 0 Å². The van der Waals surface area contributed by atoms with Gasteiger partial charge >= 0.3 is 5.97 Å². The third kappa shape index (κ3) is 5.68. The number of rotatable bonds is 6. The highest BCUT2D eigenvalue weighted by Gasteiger charge is 2.21.